The lowest BCUT2D eigenvalue weighted by molar-refractivity contribution is -0.282. The number of alkyl halides is 6. The lowest BCUT2D eigenvalue weighted by Gasteiger charge is -2.24. The van der Waals surface area contributed by atoms with Crippen molar-refractivity contribution in [1.29, 1.82) is 0 Å². The van der Waals surface area contributed by atoms with Crippen LogP contribution < -0.4 is 5.32 Å². The van der Waals surface area contributed by atoms with Gasteiger partial charge in [-0.25, -0.2) is 0 Å². The van der Waals surface area contributed by atoms with Crippen molar-refractivity contribution in [1.82, 2.24) is 5.32 Å². The molecule has 0 radical (unpaired) electrons. The lowest BCUT2D eigenvalue weighted by atomic mass is 10.1. The summed E-state index contributed by atoms with van der Waals surface area (Å²) < 4.78 is 72.1. The molecule has 0 aliphatic rings. The van der Waals surface area contributed by atoms with E-state index in [0.29, 0.717) is 6.42 Å². The van der Waals surface area contributed by atoms with Crippen LogP contribution in [0.2, 0.25) is 0 Å². The normalized spacial score (nSPS) is 15.8. The fraction of sp³-hybridized carbons (Fsp3) is 1.00. The van der Waals surface area contributed by atoms with Gasteiger partial charge in [-0.2, -0.15) is 26.3 Å². The highest BCUT2D eigenvalue weighted by molar-refractivity contribution is 4.78. The van der Waals surface area contributed by atoms with Gasteiger partial charge >= 0.3 is 12.4 Å². The van der Waals surface area contributed by atoms with Crippen molar-refractivity contribution in [2.24, 2.45) is 5.92 Å². The van der Waals surface area contributed by atoms with Gasteiger partial charge < -0.3 is 5.32 Å². The Morgan fingerprint density at radius 2 is 1.40 bits per heavy atom. The first-order chi connectivity index (χ1) is 6.59. The van der Waals surface area contributed by atoms with Gasteiger partial charge in [0.05, 0.1) is 0 Å². The first-order valence-corrected chi connectivity index (χ1v) is 4.45. The lowest BCUT2D eigenvalue weighted by Crippen LogP contribution is -2.45. The van der Waals surface area contributed by atoms with Crippen LogP contribution in [0.25, 0.3) is 0 Å². The Morgan fingerprint density at radius 1 is 1.00 bits per heavy atom. The van der Waals surface area contributed by atoms with Crippen molar-refractivity contribution in [3.63, 3.8) is 0 Å². The molecule has 0 saturated heterocycles. The summed E-state index contributed by atoms with van der Waals surface area (Å²) >= 11 is 0. The van der Waals surface area contributed by atoms with Crippen LogP contribution in [0.4, 0.5) is 26.3 Å². The van der Waals surface area contributed by atoms with E-state index < -0.39 is 24.8 Å². The fourth-order valence-electron chi connectivity index (χ4n) is 0.880. The van der Waals surface area contributed by atoms with Crippen LogP contribution in [0.15, 0.2) is 0 Å². The van der Waals surface area contributed by atoms with Crippen LogP contribution in [0.1, 0.15) is 20.3 Å². The topological polar surface area (TPSA) is 12.0 Å². The van der Waals surface area contributed by atoms with Gasteiger partial charge in [0.1, 0.15) is 0 Å². The van der Waals surface area contributed by atoms with Crippen molar-refractivity contribution in [2.45, 2.75) is 38.7 Å². The SMILES string of the molecule is CCC(C)NCC(C(F)(F)F)C(F)(F)F. The molecule has 92 valence electrons. The molecule has 0 amide bonds. The summed E-state index contributed by atoms with van der Waals surface area (Å²) in [5, 5.41) is 2.21. The molecule has 0 rings (SSSR count). The number of rotatable bonds is 4. The molecular formula is C8H13F6N. The second-order valence-corrected chi connectivity index (χ2v) is 3.35. The standard InChI is InChI=1S/C8H13F6N/c1-3-5(2)15-4-6(7(9,10)11)8(12,13)14/h5-6,15H,3-4H2,1-2H3. The number of halogens is 6. The predicted molar refractivity (Wildman–Crippen MR) is 43.4 cm³/mol. The molecule has 1 atom stereocenters. The molecule has 0 bridgehead atoms. The first-order valence-electron chi connectivity index (χ1n) is 4.45. The van der Waals surface area contributed by atoms with E-state index in [1.165, 1.54) is 6.92 Å². The summed E-state index contributed by atoms with van der Waals surface area (Å²) in [5.41, 5.74) is 0. The molecule has 0 spiro atoms. The molecule has 1 N–H and O–H groups in total. The maximum absolute atomic E-state index is 12.0. The van der Waals surface area contributed by atoms with E-state index in [1.807, 2.05) is 0 Å². The first kappa shape index (κ1) is 14.5. The highest BCUT2D eigenvalue weighted by Gasteiger charge is 2.56. The van der Waals surface area contributed by atoms with Crippen LogP contribution in [-0.2, 0) is 0 Å². The maximum atomic E-state index is 12.0. The Morgan fingerprint density at radius 3 is 1.67 bits per heavy atom. The predicted octanol–water partition coefficient (Wildman–Crippen LogP) is 3.12. The fourth-order valence-corrected chi connectivity index (χ4v) is 0.880. The number of hydrogen-bond donors (Lipinski definition) is 1. The van der Waals surface area contributed by atoms with Gasteiger partial charge in [0.25, 0.3) is 0 Å². The van der Waals surface area contributed by atoms with Crippen LogP contribution in [-0.4, -0.2) is 24.9 Å². The van der Waals surface area contributed by atoms with E-state index in [9.17, 15) is 26.3 Å². The highest BCUT2D eigenvalue weighted by Crippen LogP contribution is 2.38. The number of hydrogen-bond acceptors (Lipinski definition) is 1. The Kier molecular flexibility index (Phi) is 4.89. The van der Waals surface area contributed by atoms with Gasteiger partial charge in [0.2, 0.25) is 0 Å². The van der Waals surface area contributed by atoms with Crippen molar-refractivity contribution in [2.75, 3.05) is 6.54 Å². The minimum atomic E-state index is -5.25. The molecule has 1 nitrogen and oxygen atoms in total. The summed E-state index contributed by atoms with van der Waals surface area (Å²) in [4.78, 5) is 0. The molecule has 0 aliphatic heterocycles. The van der Waals surface area contributed by atoms with E-state index in [-0.39, 0.29) is 6.04 Å². The second-order valence-electron chi connectivity index (χ2n) is 3.35. The smallest absolute Gasteiger partial charge is 0.313 e. The van der Waals surface area contributed by atoms with Crippen molar-refractivity contribution >= 4 is 0 Å². The van der Waals surface area contributed by atoms with Crippen LogP contribution >= 0.6 is 0 Å². The molecule has 0 heterocycles. The summed E-state index contributed by atoms with van der Waals surface area (Å²) in [6, 6.07) is -0.364. The Bertz CT molecular complexity index is 171. The Balaban J connectivity index is 4.42. The summed E-state index contributed by atoms with van der Waals surface area (Å²) in [6.45, 7) is 2.08. The molecule has 0 aliphatic carbocycles. The molecule has 0 fully saturated rings. The third-order valence-electron chi connectivity index (χ3n) is 2.07. The van der Waals surface area contributed by atoms with Crippen LogP contribution in [0.3, 0.4) is 0 Å². The minimum absolute atomic E-state index is 0.364. The quantitative estimate of drug-likeness (QED) is 0.741. The van der Waals surface area contributed by atoms with Gasteiger partial charge in [-0.05, 0) is 13.3 Å². The number of nitrogens with one attached hydrogen (secondary N) is 1. The average molecular weight is 237 g/mol. The van der Waals surface area contributed by atoms with Gasteiger partial charge in [-0.15, -0.1) is 0 Å². The monoisotopic (exact) mass is 237 g/mol. The zero-order chi connectivity index (χ0) is 12.3. The molecule has 15 heavy (non-hydrogen) atoms. The largest absolute Gasteiger partial charge is 0.401 e. The van der Waals surface area contributed by atoms with Crippen molar-refractivity contribution in [3.8, 4) is 0 Å². The molecule has 0 saturated carbocycles. The summed E-state index contributed by atoms with van der Waals surface area (Å²) in [7, 11) is 0. The average Bonchev–Trinajstić information content (AvgIpc) is 1.99. The van der Waals surface area contributed by atoms with Gasteiger partial charge in [-0.1, -0.05) is 6.92 Å². The van der Waals surface area contributed by atoms with Crippen molar-refractivity contribution in [3.05, 3.63) is 0 Å². The summed E-state index contributed by atoms with van der Waals surface area (Å²) in [6.07, 6.45) is -10.0. The van der Waals surface area contributed by atoms with Crippen molar-refractivity contribution < 1.29 is 26.3 Å². The van der Waals surface area contributed by atoms with E-state index in [2.05, 4.69) is 5.32 Å². The van der Waals surface area contributed by atoms with Gasteiger partial charge in [0, 0.05) is 12.6 Å². The zero-order valence-electron chi connectivity index (χ0n) is 8.34. The molecular weight excluding hydrogens is 224 g/mol. The van der Waals surface area contributed by atoms with Gasteiger partial charge in [0.15, 0.2) is 5.92 Å². The van der Waals surface area contributed by atoms with Crippen LogP contribution in [0, 0.1) is 5.92 Å². The maximum Gasteiger partial charge on any atom is 0.401 e. The Hall–Kier alpha value is -0.460. The molecule has 0 aromatic heterocycles. The van der Waals surface area contributed by atoms with E-state index >= 15 is 0 Å². The van der Waals surface area contributed by atoms with E-state index in [1.54, 1.807) is 6.92 Å². The highest BCUT2D eigenvalue weighted by atomic mass is 19.4. The molecule has 7 heteroatoms. The summed E-state index contributed by atoms with van der Waals surface area (Å²) in [5.74, 6) is -3.29. The Labute approximate surface area is 83.8 Å². The molecule has 1 unspecified atom stereocenters. The molecule has 0 aromatic rings. The van der Waals surface area contributed by atoms with E-state index in [0.717, 1.165) is 0 Å². The third-order valence-corrected chi connectivity index (χ3v) is 2.07. The zero-order valence-corrected chi connectivity index (χ0v) is 8.34. The van der Waals surface area contributed by atoms with Gasteiger partial charge in [-0.3, -0.25) is 0 Å². The minimum Gasteiger partial charge on any atom is -0.313 e. The van der Waals surface area contributed by atoms with Crippen LogP contribution in [0.5, 0.6) is 0 Å². The third kappa shape index (κ3) is 5.25. The molecule has 0 aromatic carbocycles. The van der Waals surface area contributed by atoms with E-state index in [4.69, 9.17) is 0 Å². The second kappa shape index (κ2) is 5.05.